The first-order chi connectivity index (χ1) is 9.00. The Labute approximate surface area is 112 Å². The minimum absolute atomic E-state index is 0.477. The van der Waals surface area contributed by atoms with Gasteiger partial charge in [0.05, 0.1) is 4.92 Å². The lowest BCUT2D eigenvalue weighted by atomic mass is 10.2. The number of unbranched alkanes of at least 4 members (excludes halogenated alkanes) is 1. The highest BCUT2D eigenvalue weighted by Crippen LogP contribution is 2.17. The third-order valence-corrected chi connectivity index (χ3v) is 2.75. The van der Waals surface area contributed by atoms with Crippen LogP contribution in [0.2, 0.25) is 0 Å². The highest BCUT2D eigenvalue weighted by atomic mass is 19.1. The summed E-state index contributed by atoms with van der Waals surface area (Å²) in [4.78, 5) is 11.9. The van der Waals surface area contributed by atoms with Gasteiger partial charge in [0, 0.05) is 12.6 Å². The first kappa shape index (κ1) is 15.5. The number of halogens is 1. The van der Waals surface area contributed by atoms with Crippen molar-refractivity contribution < 1.29 is 9.31 Å². The molecule has 1 aromatic carbocycles. The number of rotatable bonds is 8. The highest BCUT2D eigenvalue weighted by Gasteiger charge is 2.13. The zero-order valence-corrected chi connectivity index (χ0v) is 11.4. The van der Waals surface area contributed by atoms with Crippen molar-refractivity contribution in [2.45, 2.75) is 19.4 Å². The van der Waals surface area contributed by atoms with E-state index < -0.39 is 16.4 Å². The molecule has 0 aliphatic carbocycles. The second-order valence-corrected chi connectivity index (χ2v) is 4.73. The summed E-state index contributed by atoms with van der Waals surface area (Å²) in [6.45, 7) is 2.43. The van der Waals surface area contributed by atoms with Crippen LogP contribution in [0.5, 0.6) is 0 Å². The van der Waals surface area contributed by atoms with Crippen LogP contribution in [0.1, 0.15) is 18.4 Å². The van der Waals surface area contributed by atoms with Gasteiger partial charge in [0.15, 0.2) is 0 Å². The van der Waals surface area contributed by atoms with E-state index in [2.05, 4.69) is 10.2 Å². The van der Waals surface area contributed by atoms with Crippen molar-refractivity contribution in [1.82, 2.24) is 10.2 Å². The molecule has 0 aromatic heterocycles. The normalized spacial score (nSPS) is 10.9. The second kappa shape index (κ2) is 7.81. The summed E-state index contributed by atoms with van der Waals surface area (Å²) >= 11 is 0. The van der Waals surface area contributed by atoms with Crippen molar-refractivity contribution in [3.8, 4) is 0 Å². The number of nitro groups is 1. The zero-order valence-electron chi connectivity index (χ0n) is 11.4. The van der Waals surface area contributed by atoms with Crippen LogP contribution in [0, 0.1) is 15.9 Å². The van der Waals surface area contributed by atoms with E-state index in [0.717, 1.165) is 31.5 Å². The van der Waals surface area contributed by atoms with Crippen LogP contribution >= 0.6 is 0 Å². The van der Waals surface area contributed by atoms with Crippen molar-refractivity contribution in [2.75, 3.05) is 27.2 Å². The first-order valence-corrected chi connectivity index (χ1v) is 6.29. The molecule has 0 spiro atoms. The van der Waals surface area contributed by atoms with Crippen LogP contribution in [0.15, 0.2) is 18.2 Å². The van der Waals surface area contributed by atoms with Crippen LogP contribution in [0.25, 0.3) is 0 Å². The Morgan fingerprint density at radius 3 is 2.68 bits per heavy atom. The molecule has 0 saturated heterocycles. The molecule has 0 aliphatic rings. The third-order valence-electron chi connectivity index (χ3n) is 2.75. The van der Waals surface area contributed by atoms with Gasteiger partial charge in [-0.15, -0.1) is 0 Å². The Morgan fingerprint density at radius 1 is 1.37 bits per heavy atom. The molecule has 1 aromatic rings. The maximum absolute atomic E-state index is 13.3. The van der Waals surface area contributed by atoms with Gasteiger partial charge < -0.3 is 10.2 Å². The molecule has 1 rings (SSSR count). The molecule has 0 bridgehead atoms. The summed E-state index contributed by atoms with van der Waals surface area (Å²) in [5.74, 6) is -0.781. The van der Waals surface area contributed by atoms with Crippen molar-refractivity contribution in [3.05, 3.63) is 39.7 Å². The fourth-order valence-corrected chi connectivity index (χ4v) is 1.72. The van der Waals surface area contributed by atoms with Crippen LogP contribution in [-0.2, 0) is 6.54 Å². The Morgan fingerprint density at radius 2 is 2.11 bits per heavy atom. The Balaban J connectivity index is 2.30. The molecule has 0 saturated carbocycles. The van der Waals surface area contributed by atoms with E-state index >= 15 is 0 Å². The molecule has 0 radical (unpaired) electrons. The fraction of sp³-hybridized carbons (Fsp3) is 0.538. The summed E-state index contributed by atoms with van der Waals surface area (Å²) < 4.78 is 13.3. The average molecular weight is 269 g/mol. The molecule has 1 N–H and O–H groups in total. The molecular formula is C13H20FN3O2. The van der Waals surface area contributed by atoms with E-state index in [1.807, 2.05) is 14.1 Å². The zero-order chi connectivity index (χ0) is 14.3. The van der Waals surface area contributed by atoms with Gasteiger partial charge in [-0.1, -0.05) is 6.07 Å². The van der Waals surface area contributed by atoms with Gasteiger partial charge >= 0.3 is 5.69 Å². The van der Waals surface area contributed by atoms with Crippen molar-refractivity contribution in [2.24, 2.45) is 0 Å². The topological polar surface area (TPSA) is 58.4 Å². The number of hydrogen-bond acceptors (Lipinski definition) is 4. The number of benzene rings is 1. The SMILES string of the molecule is CN(C)CCCCNCc1ccc([N+](=O)[O-])c(F)c1. The van der Waals surface area contributed by atoms with Gasteiger partial charge in [-0.05, 0) is 51.7 Å². The molecular weight excluding hydrogens is 249 g/mol. The highest BCUT2D eigenvalue weighted by molar-refractivity contribution is 5.34. The Hall–Kier alpha value is -1.53. The summed E-state index contributed by atoms with van der Waals surface area (Å²) in [6.07, 6.45) is 2.16. The predicted molar refractivity (Wildman–Crippen MR) is 72.5 cm³/mol. The quantitative estimate of drug-likeness (QED) is 0.446. The van der Waals surface area contributed by atoms with Gasteiger partial charge in [-0.25, -0.2) is 0 Å². The van der Waals surface area contributed by atoms with E-state index in [1.54, 1.807) is 6.07 Å². The van der Waals surface area contributed by atoms with Gasteiger partial charge in [0.2, 0.25) is 5.82 Å². The molecule has 19 heavy (non-hydrogen) atoms. The molecule has 0 atom stereocenters. The number of hydrogen-bond donors (Lipinski definition) is 1. The van der Waals surface area contributed by atoms with Crippen molar-refractivity contribution >= 4 is 5.69 Å². The van der Waals surface area contributed by atoms with Crippen LogP contribution < -0.4 is 5.32 Å². The standard InChI is InChI=1S/C13H20FN3O2/c1-16(2)8-4-3-7-15-10-11-5-6-13(17(18)19)12(14)9-11/h5-6,9,15H,3-4,7-8,10H2,1-2H3. The van der Waals surface area contributed by atoms with Crippen molar-refractivity contribution in [3.63, 3.8) is 0 Å². The summed E-state index contributed by atoms with van der Waals surface area (Å²) in [6, 6.07) is 4.00. The molecule has 0 fully saturated rings. The maximum atomic E-state index is 13.3. The minimum Gasteiger partial charge on any atom is -0.313 e. The van der Waals surface area contributed by atoms with Crippen molar-refractivity contribution in [1.29, 1.82) is 0 Å². The molecule has 106 valence electrons. The maximum Gasteiger partial charge on any atom is 0.304 e. The van der Waals surface area contributed by atoms with E-state index in [0.29, 0.717) is 6.54 Å². The molecule has 0 unspecified atom stereocenters. The fourth-order valence-electron chi connectivity index (χ4n) is 1.72. The minimum atomic E-state index is -0.781. The largest absolute Gasteiger partial charge is 0.313 e. The smallest absolute Gasteiger partial charge is 0.304 e. The molecule has 0 aliphatic heterocycles. The van der Waals surface area contributed by atoms with E-state index in [4.69, 9.17) is 0 Å². The van der Waals surface area contributed by atoms with E-state index in [1.165, 1.54) is 12.1 Å². The predicted octanol–water partition coefficient (Wildman–Crippen LogP) is 2.17. The lowest BCUT2D eigenvalue weighted by Gasteiger charge is -2.09. The molecule has 0 heterocycles. The summed E-state index contributed by atoms with van der Waals surface area (Å²) in [5.41, 5.74) is 0.241. The molecule has 5 nitrogen and oxygen atoms in total. The first-order valence-electron chi connectivity index (χ1n) is 6.29. The van der Waals surface area contributed by atoms with E-state index in [-0.39, 0.29) is 0 Å². The Kier molecular flexibility index (Phi) is 6.38. The lowest BCUT2D eigenvalue weighted by molar-refractivity contribution is -0.387. The van der Waals surface area contributed by atoms with Gasteiger partial charge in [-0.2, -0.15) is 4.39 Å². The summed E-state index contributed by atoms with van der Waals surface area (Å²) in [5, 5.41) is 13.7. The summed E-state index contributed by atoms with van der Waals surface area (Å²) in [7, 11) is 4.07. The number of nitrogens with one attached hydrogen (secondary N) is 1. The van der Waals surface area contributed by atoms with Gasteiger partial charge in [0.25, 0.3) is 0 Å². The third kappa shape index (κ3) is 5.76. The second-order valence-electron chi connectivity index (χ2n) is 4.73. The number of nitrogens with zero attached hydrogens (tertiary/aromatic N) is 2. The Bertz CT molecular complexity index is 424. The van der Waals surface area contributed by atoms with Gasteiger partial charge in [0.1, 0.15) is 0 Å². The number of nitro benzene ring substituents is 1. The van der Waals surface area contributed by atoms with Crippen LogP contribution in [0.3, 0.4) is 0 Å². The van der Waals surface area contributed by atoms with Crippen LogP contribution in [-0.4, -0.2) is 37.0 Å². The van der Waals surface area contributed by atoms with E-state index in [9.17, 15) is 14.5 Å². The van der Waals surface area contributed by atoms with Crippen LogP contribution in [0.4, 0.5) is 10.1 Å². The average Bonchev–Trinajstić information content (AvgIpc) is 2.32. The monoisotopic (exact) mass is 269 g/mol. The lowest BCUT2D eigenvalue weighted by Crippen LogP contribution is -2.18. The molecule has 0 amide bonds. The van der Waals surface area contributed by atoms with Gasteiger partial charge in [-0.3, -0.25) is 10.1 Å². The molecule has 6 heteroatoms.